The van der Waals surface area contributed by atoms with E-state index < -0.39 is 51.1 Å². The lowest BCUT2D eigenvalue weighted by Crippen LogP contribution is -2.41. The maximum atomic E-state index is 13.1. The van der Waals surface area contributed by atoms with Crippen LogP contribution in [-0.4, -0.2) is 80.5 Å². The van der Waals surface area contributed by atoms with Crippen LogP contribution in [0.15, 0.2) is 30.6 Å². The van der Waals surface area contributed by atoms with Gasteiger partial charge in [-0.2, -0.15) is 15.6 Å². The first kappa shape index (κ1) is 48.5. The van der Waals surface area contributed by atoms with Gasteiger partial charge in [0.25, 0.3) is 0 Å². The van der Waals surface area contributed by atoms with Gasteiger partial charge in [0.1, 0.15) is 48.4 Å². The van der Waals surface area contributed by atoms with Gasteiger partial charge < -0.3 is 35.1 Å². The lowest BCUT2D eigenvalue weighted by atomic mass is 9.92. The topological polar surface area (TPSA) is 228 Å². The molecular weight excluding hydrogens is 799 g/mol. The number of phosphoric ester groups is 1. The summed E-state index contributed by atoms with van der Waals surface area (Å²) in [7, 11) is -4.80. The number of nitrogens with zero attached hydrogens (tertiary/aromatic N) is 5. The van der Waals surface area contributed by atoms with E-state index in [0.29, 0.717) is 33.8 Å². The van der Waals surface area contributed by atoms with E-state index in [4.69, 9.17) is 40.6 Å². The smallest absolute Gasteiger partial charge is 0.387 e. The molecule has 15 nitrogen and oxygen atoms in total. The Morgan fingerprint density at radius 3 is 2.20 bits per heavy atom. The summed E-state index contributed by atoms with van der Waals surface area (Å²) in [4.78, 5) is 14.5. The Kier molecular flexibility index (Phi) is 20.5. The first-order valence-electron chi connectivity index (χ1n) is 21.0. The number of unbranched alkanes of at least 4 members (excludes halogenated alkanes) is 15. The van der Waals surface area contributed by atoms with E-state index in [0.717, 1.165) is 25.6 Å². The van der Waals surface area contributed by atoms with Gasteiger partial charge in [0.05, 0.1) is 42.7 Å². The fourth-order valence-corrected chi connectivity index (χ4v) is 8.18. The number of phosphoric acid groups is 1. The zero-order valence-electron chi connectivity index (χ0n) is 34.5. The Bertz CT molecular complexity index is 1870. The summed E-state index contributed by atoms with van der Waals surface area (Å²) in [5, 5.41) is 45.9. The minimum atomic E-state index is -4.80. The largest absolute Gasteiger partial charge is 0.472 e. The number of nitrogen functional groups attached to an aromatic ring is 1. The van der Waals surface area contributed by atoms with Gasteiger partial charge in [-0.15, -0.1) is 0 Å². The van der Waals surface area contributed by atoms with Crippen molar-refractivity contribution >= 4 is 30.8 Å². The summed E-state index contributed by atoms with van der Waals surface area (Å²) in [6.45, 7) is 3.49. The molecule has 1 fully saturated rings. The molecule has 326 valence electrons. The molecular formula is C42H62ClN6O9P. The third kappa shape index (κ3) is 14.5. The Morgan fingerprint density at radius 2 is 1.59 bits per heavy atom. The predicted molar refractivity (Wildman–Crippen MR) is 223 cm³/mol. The van der Waals surface area contributed by atoms with Crippen LogP contribution >= 0.6 is 19.4 Å². The number of ether oxygens (including phenoxy) is 3. The highest BCUT2D eigenvalue weighted by Crippen LogP contribution is 2.46. The number of hydrogen-bond acceptors (Lipinski definition) is 13. The minimum Gasteiger partial charge on any atom is -0.387 e. The van der Waals surface area contributed by atoms with Crippen LogP contribution in [0.5, 0.6) is 0 Å². The predicted octanol–water partition coefficient (Wildman–Crippen LogP) is 7.98. The molecule has 4 rings (SSSR count). The molecule has 0 amide bonds. The van der Waals surface area contributed by atoms with Crippen molar-refractivity contribution in [2.24, 2.45) is 0 Å². The average molecular weight is 861 g/mol. The number of halogens is 1. The third-order valence-electron chi connectivity index (χ3n) is 10.7. The molecule has 3 aromatic rings. The summed E-state index contributed by atoms with van der Waals surface area (Å²) < 4.78 is 42.6. The molecule has 0 radical (unpaired) electrons. The van der Waals surface area contributed by atoms with Crippen molar-refractivity contribution in [3.05, 3.63) is 58.0 Å². The molecule has 0 aliphatic carbocycles. The molecule has 1 unspecified atom stereocenters. The molecule has 0 spiro atoms. The monoisotopic (exact) mass is 860 g/mol. The van der Waals surface area contributed by atoms with Crippen molar-refractivity contribution in [1.29, 1.82) is 10.5 Å². The number of hydrogen-bond donors (Lipinski definition) is 4. The van der Waals surface area contributed by atoms with E-state index in [9.17, 15) is 30.2 Å². The number of rotatable bonds is 29. The van der Waals surface area contributed by atoms with E-state index in [1.807, 2.05) is 6.07 Å². The fraction of sp³-hybridized carbons (Fsp3) is 0.667. The molecule has 5 N–H and O–H groups in total. The van der Waals surface area contributed by atoms with Gasteiger partial charge in [0.2, 0.25) is 5.60 Å². The van der Waals surface area contributed by atoms with E-state index in [2.05, 4.69) is 23.1 Å². The molecule has 59 heavy (non-hydrogen) atoms. The van der Waals surface area contributed by atoms with E-state index in [-0.39, 0.29) is 24.7 Å². The number of aryl methyl sites for hydroxylation is 1. The molecule has 1 aliphatic rings. The third-order valence-corrected chi connectivity index (χ3v) is 12.1. The van der Waals surface area contributed by atoms with E-state index in [1.54, 1.807) is 19.1 Å². The number of anilines is 1. The Morgan fingerprint density at radius 1 is 0.966 bits per heavy atom. The van der Waals surface area contributed by atoms with Crippen molar-refractivity contribution < 1.29 is 42.9 Å². The SMILES string of the molecule is CCCCCCCCCCCCCCCCCCOC[C@H](COP(=O)(O)OC[C@H]1O[C@@](C#N)(c2ccc3c(N)ncnn23)[C@H](O)[C@@H]1O)OCc1cc(C)c(Cl)c(C#N)c1. The molecule has 2 aromatic heterocycles. The van der Waals surface area contributed by atoms with Crippen molar-refractivity contribution in [1.82, 2.24) is 14.6 Å². The normalized spacial score (nSPS) is 20.7. The number of nitriles is 2. The maximum Gasteiger partial charge on any atom is 0.472 e. The number of benzene rings is 1. The van der Waals surface area contributed by atoms with Crippen LogP contribution in [0.4, 0.5) is 5.82 Å². The molecule has 3 heterocycles. The molecule has 0 saturated carbocycles. The summed E-state index contributed by atoms with van der Waals surface area (Å²) >= 11 is 6.25. The van der Waals surface area contributed by atoms with Crippen molar-refractivity contribution in [2.45, 2.75) is 153 Å². The summed E-state index contributed by atoms with van der Waals surface area (Å²) in [5.74, 6) is 0.119. The standard InChI is InChI=1S/C42H62ClN6O9P/c1-3-4-5-6-7-8-9-10-11-12-13-14-15-16-17-18-21-54-26-34(55-25-32-22-31(2)38(43)33(23-32)24-44)27-56-59(52,53)57-28-36-39(50)40(51)42(29-45,58-36)37-20-19-35-41(46)47-30-48-49(35)37/h19-20,22-23,30,34,36,39-40,50-51H,3-18,21,25-28H2,1-2H3,(H,52,53)(H2,46,47,48)/t34-,36-,39-,40-,42+/m1/s1. The Labute approximate surface area is 353 Å². The van der Waals surface area contributed by atoms with Crippen molar-refractivity contribution in [3.8, 4) is 12.1 Å². The van der Waals surface area contributed by atoms with Gasteiger partial charge in [-0.3, -0.25) is 9.05 Å². The van der Waals surface area contributed by atoms with Gasteiger partial charge in [-0.05, 0) is 42.7 Å². The lowest BCUT2D eigenvalue weighted by molar-refractivity contribution is -0.0690. The molecule has 1 aliphatic heterocycles. The van der Waals surface area contributed by atoms with Crippen molar-refractivity contribution in [3.63, 3.8) is 0 Å². The van der Waals surface area contributed by atoms with Crippen LogP contribution in [-0.2, 0) is 40.0 Å². The number of nitrogens with two attached hydrogens (primary N) is 1. The molecule has 6 atom stereocenters. The van der Waals surface area contributed by atoms with E-state index >= 15 is 0 Å². The second-order valence-corrected chi connectivity index (χ2v) is 17.2. The first-order chi connectivity index (χ1) is 28.5. The second kappa shape index (κ2) is 24.9. The zero-order valence-corrected chi connectivity index (χ0v) is 36.1. The highest BCUT2D eigenvalue weighted by Gasteiger charge is 2.58. The molecule has 1 saturated heterocycles. The van der Waals surface area contributed by atoms with Gasteiger partial charge in [-0.1, -0.05) is 121 Å². The van der Waals surface area contributed by atoms with Gasteiger partial charge in [-0.25, -0.2) is 14.1 Å². The van der Waals surface area contributed by atoms with Crippen LogP contribution in [0.25, 0.3) is 5.52 Å². The number of aromatic nitrogens is 3. The summed E-state index contributed by atoms with van der Waals surface area (Å²) in [6.07, 6.45) is 15.7. The quantitative estimate of drug-likeness (QED) is 0.0383. The second-order valence-electron chi connectivity index (χ2n) is 15.4. The fourth-order valence-electron chi connectivity index (χ4n) is 7.27. The molecule has 1 aromatic carbocycles. The maximum absolute atomic E-state index is 13.1. The number of aliphatic hydroxyl groups excluding tert-OH is 2. The molecule has 17 heteroatoms. The van der Waals surface area contributed by atoms with Crippen LogP contribution in [0.1, 0.15) is 132 Å². The first-order valence-corrected chi connectivity index (χ1v) is 22.9. The minimum absolute atomic E-state index is 0.0426. The number of aliphatic hydroxyl groups is 2. The Balaban J connectivity index is 1.22. The lowest BCUT2D eigenvalue weighted by Gasteiger charge is -2.24. The van der Waals surface area contributed by atoms with Crippen molar-refractivity contribution in [2.75, 3.05) is 32.2 Å². The molecule has 0 bridgehead atoms. The highest BCUT2D eigenvalue weighted by atomic mass is 35.5. The average Bonchev–Trinajstić information content (AvgIpc) is 3.77. The summed E-state index contributed by atoms with van der Waals surface area (Å²) in [6, 6.07) is 10.4. The highest BCUT2D eigenvalue weighted by molar-refractivity contribution is 7.47. The van der Waals surface area contributed by atoms with Crippen LogP contribution in [0.2, 0.25) is 5.02 Å². The Hall–Kier alpha value is -3.18. The van der Waals surface area contributed by atoms with E-state index in [1.165, 1.54) is 100 Å². The van der Waals surface area contributed by atoms with Crippen LogP contribution < -0.4 is 5.73 Å². The van der Waals surface area contributed by atoms with Gasteiger partial charge in [0, 0.05) is 6.61 Å². The summed E-state index contributed by atoms with van der Waals surface area (Å²) in [5.41, 5.74) is 5.89. The van der Waals surface area contributed by atoms with Gasteiger partial charge >= 0.3 is 7.82 Å². The van der Waals surface area contributed by atoms with Gasteiger partial charge in [0.15, 0.2) is 5.82 Å². The number of fused-ring (bicyclic) bond motifs is 1. The van der Waals surface area contributed by atoms with Crippen LogP contribution in [0.3, 0.4) is 0 Å². The van der Waals surface area contributed by atoms with Crippen LogP contribution in [0, 0.1) is 29.6 Å². The zero-order chi connectivity index (χ0) is 42.7.